The van der Waals surface area contributed by atoms with E-state index in [0.717, 1.165) is 35.8 Å². The first kappa shape index (κ1) is 14.7. The highest BCUT2D eigenvalue weighted by molar-refractivity contribution is 5.34. The lowest BCUT2D eigenvalue weighted by molar-refractivity contribution is 0.339. The van der Waals surface area contributed by atoms with Crippen LogP contribution in [0.15, 0.2) is 40.8 Å². The van der Waals surface area contributed by atoms with Crippen molar-refractivity contribution in [3.8, 4) is 5.75 Å². The fourth-order valence-corrected chi connectivity index (χ4v) is 2.28. The van der Waals surface area contributed by atoms with E-state index < -0.39 is 0 Å². The van der Waals surface area contributed by atoms with Gasteiger partial charge in [-0.1, -0.05) is 26.0 Å². The van der Waals surface area contributed by atoms with Gasteiger partial charge in [0.05, 0.1) is 12.6 Å². The molecule has 0 radical (unpaired) electrons. The molecule has 0 saturated heterocycles. The van der Waals surface area contributed by atoms with E-state index in [4.69, 9.17) is 9.15 Å². The molecule has 1 aromatic carbocycles. The van der Waals surface area contributed by atoms with Gasteiger partial charge in [-0.05, 0) is 43.3 Å². The Kier molecular flexibility index (Phi) is 5.24. The van der Waals surface area contributed by atoms with Crippen LogP contribution >= 0.6 is 0 Å². The normalized spacial score (nSPS) is 12.3. The Morgan fingerprint density at radius 1 is 1.15 bits per heavy atom. The van der Waals surface area contributed by atoms with Gasteiger partial charge in [-0.3, -0.25) is 0 Å². The predicted octanol–water partition coefficient (Wildman–Crippen LogP) is 3.94. The summed E-state index contributed by atoms with van der Waals surface area (Å²) < 4.78 is 11.5. The average Bonchev–Trinajstić information content (AvgIpc) is 2.94. The molecule has 1 atom stereocenters. The van der Waals surface area contributed by atoms with Crippen molar-refractivity contribution in [2.45, 2.75) is 33.2 Å². The summed E-state index contributed by atoms with van der Waals surface area (Å²) in [5.41, 5.74) is 1.16. The molecule has 1 N–H and O–H groups in total. The Morgan fingerprint density at radius 2 is 2.00 bits per heavy atom. The van der Waals surface area contributed by atoms with E-state index in [0.29, 0.717) is 6.61 Å². The second kappa shape index (κ2) is 7.15. The summed E-state index contributed by atoms with van der Waals surface area (Å²) in [7, 11) is 0. The maximum absolute atomic E-state index is 5.90. The van der Waals surface area contributed by atoms with Gasteiger partial charge < -0.3 is 14.5 Å². The molecule has 0 aliphatic carbocycles. The summed E-state index contributed by atoms with van der Waals surface area (Å²) in [6.45, 7) is 7.75. The molecule has 3 heteroatoms. The molecule has 1 aromatic heterocycles. The number of aryl methyl sites for hydroxylation is 1. The first-order valence-corrected chi connectivity index (χ1v) is 7.33. The van der Waals surface area contributed by atoms with Crippen molar-refractivity contribution in [2.24, 2.45) is 0 Å². The molecular weight excluding hydrogens is 250 g/mol. The van der Waals surface area contributed by atoms with Gasteiger partial charge in [0.15, 0.2) is 0 Å². The standard InChI is InChI=1S/C17H23NO2/c1-4-14-10-11-16(20-14)17(18-5-2)13-8-7-9-15(12-13)19-6-3/h7-12,17-18H,4-6H2,1-3H3. The highest BCUT2D eigenvalue weighted by Gasteiger charge is 2.17. The lowest BCUT2D eigenvalue weighted by Gasteiger charge is -2.17. The summed E-state index contributed by atoms with van der Waals surface area (Å²) >= 11 is 0. The molecule has 2 rings (SSSR count). The largest absolute Gasteiger partial charge is 0.494 e. The van der Waals surface area contributed by atoms with E-state index in [1.807, 2.05) is 25.1 Å². The van der Waals surface area contributed by atoms with E-state index in [9.17, 15) is 0 Å². The lowest BCUT2D eigenvalue weighted by atomic mass is 10.0. The number of benzene rings is 1. The van der Waals surface area contributed by atoms with Crippen LogP contribution in [0.3, 0.4) is 0 Å². The van der Waals surface area contributed by atoms with Crippen LogP contribution < -0.4 is 10.1 Å². The highest BCUT2D eigenvalue weighted by atomic mass is 16.5. The fraction of sp³-hybridized carbons (Fsp3) is 0.412. The molecule has 3 nitrogen and oxygen atoms in total. The van der Waals surface area contributed by atoms with Crippen LogP contribution in [0.2, 0.25) is 0 Å². The zero-order chi connectivity index (χ0) is 14.4. The average molecular weight is 273 g/mol. The Labute approximate surface area is 121 Å². The second-order valence-corrected chi connectivity index (χ2v) is 4.65. The minimum Gasteiger partial charge on any atom is -0.494 e. The van der Waals surface area contributed by atoms with Crippen molar-refractivity contribution < 1.29 is 9.15 Å². The molecule has 1 heterocycles. The number of rotatable bonds is 7. The van der Waals surface area contributed by atoms with Crippen LogP contribution in [0.25, 0.3) is 0 Å². The van der Waals surface area contributed by atoms with Crippen LogP contribution in [0.1, 0.15) is 43.9 Å². The molecule has 0 saturated carbocycles. The molecule has 2 aromatic rings. The van der Waals surface area contributed by atoms with E-state index in [-0.39, 0.29) is 6.04 Å². The van der Waals surface area contributed by atoms with Crippen LogP contribution in [0, 0.1) is 0 Å². The Morgan fingerprint density at radius 3 is 2.65 bits per heavy atom. The minimum atomic E-state index is 0.0701. The molecule has 0 amide bonds. The molecule has 20 heavy (non-hydrogen) atoms. The van der Waals surface area contributed by atoms with Crippen LogP contribution in [0.4, 0.5) is 0 Å². The molecule has 0 aliphatic rings. The van der Waals surface area contributed by atoms with E-state index >= 15 is 0 Å². The summed E-state index contributed by atoms with van der Waals surface area (Å²) in [4.78, 5) is 0. The van der Waals surface area contributed by atoms with Crippen molar-refractivity contribution in [2.75, 3.05) is 13.2 Å². The number of furan rings is 1. The summed E-state index contributed by atoms with van der Waals surface area (Å²) in [5.74, 6) is 2.87. The predicted molar refractivity (Wildman–Crippen MR) is 81.2 cm³/mol. The van der Waals surface area contributed by atoms with Gasteiger partial charge in [0.2, 0.25) is 0 Å². The number of nitrogens with one attached hydrogen (secondary N) is 1. The van der Waals surface area contributed by atoms with E-state index in [1.54, 1.807) is 0 Å². The summed E-state index contributed by atoms with van der Waals surface area (Å²) in [6, 6.07) is 12.4. The molecule has 1 unspecified atom stereocenters. The van der Waals surface area contributed by atoms with Crippen molar-refractivity contribution >= 4 is 0 Å². The van der Waals surface area contributed by atoms with Crippen LogP contribution in [-0.4, -0.2) is 13.2 Å². The van der Waals surface area contributed by atoms with Gasteiger partial charge in [-0.15, -0.1) is 0 Å². The summed E-state index contributed by atoms with van der Waals surface area (Å²) in [5, 5.41) is 3.47. The third-order valence-electron chi connectivity index (χ3n) is 3.23. The quantitative estimate of drug-likeness (QED) is 0.829. The zero-order valence-corrected chi connectivity index (χ0v) is 12.5. The Balaban J connectivity index is 2.29. The van der Waals surface area contributed by atoms with Gasteiger partial charge in [-0.25, -0.2) is 0 Å². The third kappa shape index (κ3) is 3.42. The third-order valence-corrected chi connectivity index (χ3v) is 3.23. The van der Waals surface area contributed by atoms with Crippen LogP contribution in [0.5, 0.6) is 5.75 Å². The molecular formula is C17H23NO2. The maximum atomic E-state index is 5.90. The number of hydrogen-bond donors (Lipinski definition) is 1. The van der Waals surface area contributed by atoms with E-state index in [1.165, 1.54) is 0 Å². The van der Waals surface area contributed by atoms with Crippen molar-refractivity contribution in [3.63, 3.8) is 0 Å². The molecule has 0 fully saturated rings. The van der Waals surface area contributed by atoms with Crippen molar-refractivity contribution in [1.29, 1.82) is 0 Å². The van der Waals surface area contributed by atoms with Gasteiger partial charge in [0.1, 0.15) is 17.3 Å². The Bertz CT molecular complexity index is 533. The molecule has 0 bridgehead atoms. The van der Waals surface area contributed by atoms with E-state index in [2.05, 4.69) is 37.4 Å². The fourth-order valence-electron chi connectivity index (χ4n) is 2.28. The monoisotopic (exact) mass is 273 g/mol. The SMILES string of the molecule is CCNC(c1cccc(OCC)c1)c1ccc(CC)o1. The maximum Gasteiger partial charge on any atom is 0.125 e. The topological polar surface area (TPSA) is 34.4 Å². The summed E-state index contributed by atoms with van der Waals surface area (Å²) in [6.07, 6.45) is 0.915. The Hall–Kier alpha value is -1.74. The first-order chi connectivity index (χ1) is 9.78. The second-order valence-electron chi connectivity index (χ2n) is 4.65. The smallest absolute Gasteiger partial charge is 0.125 e. The number of ether oxygens (including phenoxy) is 1. The van der Waals surface area contributed by atoms with Crippen molar-refractivity contribution in [1.82, 2.24) is 5.32 Å². The number of hydrogen-bond acceptors (Lipinski definition) is 3. The van der Waals surface area contributed by atoms with Gasteiger partial charge >= 0.3 is 0 Å². The molecule has 0 spiro atoms. The zero-order valence-electron chi connectivity index (χ0n) is 12.5. The molecule has 108 valence electrons. The van der Waals surface area contributed by atoms with Crippen LogP contribution in [-0.2, 0) is 6.42 Å². The van der Waals surface area contributed by atoms with Gasteiger partial charge in [0, 0.05) is 6.42 Å². The minimum absolute atomic E-state index is 0.0701. The first-order valence-electron chi connectivity index (χ1n) is 7.33. The van der Waals surface area contributed by atoms with Gasteiger partial charge in [-0.2, -0.15) is 0 Å². The van der Waals surface area contributed by atoms with Gasteiger partial charge in [0.25, 0.3) is 0 Å². The van der Waals surface area contributed by atoms with Crippen molar-refractivity contribution in [3.05, 3.63) is 53.5 Å². The highest BCUT2D eigenvalue weighted by Crippen LogP contribution is 2.27. The lowest BCUT2D eigenvalue weighted by Crippen LogP contribution is -2.21. The molecule has 0 aliphatic heterocycles.